The first-order valence-corrected chi connectivity index (χ1v) is 15.5. The molecule has 3 aromatic carbocycles. The highest BCUT2D eigenvalue weighted by molar-refractivity contribution is 5.70. The first-order valence-electron chi connectivity index (χ1n) is 15.5. The van der Waals surface area contributed by atoms with Crippen molar-refractivity contribution in [3.63, 3.8) is 0 Å². The summed E-state index contributed by atoms with van der Waals surface area (Å²) in [6.07, 6.45) is 9.52. The summed E-state index contributed by atoms with van der Waals surface area (Å²) in [5.74, 6) is 0.979. The topological polar surface area (TPSA) is 53.4 Å². The average molecular weight is 592 g/mol. The highest BCUT2D eigenvalue weighted by atomic mass is 19.1. The lowest BCUT2D eigenvalue weighted by molar-refractivity contribution is 0.202. The van der Waals surface area contributed by atoms with Gasteiger partial charge in [-0.05, 0) is 73.6 Å². The van der Waals surface area contributed by atoms with Gasteiger partial charge < -0.3 is 15.1 Å². The number of hydrogen-bond donors (Lipinski definition) is 1. The number of halogens is 1. The first kappa shape index (κ1) is 30.8. The number of rotatable bonds is 12. The van der Waals surface area contributed by atoms with Crippen molar-refractivity contribution in [2.45, 2.75) is 52.6 Å². The first-order chi connectivity index (χ1) is 21.4. The maximum absolute atomic E-state index is 14.0. The Morgan fingerprint density at radius 2 is 1.82 bits per heavy atom. The molecule has 7 heteroatoms. The molecule has 0 radical (unpaired) electrons. The Morgan fingerprint density at radius 1 is 1.07 bits per heavy atom. The molecule has 0 bridgehead atoms. The van der Waals surface area contributed by atoms with E-state index in [-0.39, 0.29) is 11.4 Å². The number of piperidine rings is 1. The molecule has 0 saturated carbocycles. The highest BCUT2D eigenvalue weighted by Crippen LogP contribution is 2.30. The van der Waals surface area contributed by atoms with Gasteiger partial charge in [0.15, 0.2) is 0 Å². The van der Waals surface area contributed by atoms with Crippen LogP contribution in [-0.4, -0.2) is 27.8 Å². The molecular formula is C37H42FN5O. The van der Waals surface area contributed by atoms with E-state index in [1.165, 1.54) is 6.07 Å². The summed E-state index contributed by atoms with van der Waals surface area (Å²) in [4.78, 5) is 18.1. The largest absolute Gasteiger partial charge is 0.358 e. The normalized spacial score (nSPS) is 13.8. The number of aryl methyl sites for hydroxylation is 1. The van der Waals surface area contributed by atoms with E-state index in [2.05, 4.69) is 58.9 Å². The maximum Gasteiger partial charge on any atom is 0.276 e. The van der Waals surface area contributed by atoms with Gasteiger partial charge in [0.25, 0.3) is 5.56 Å². The van der Waals surface area contributed by atoms with Crippen LogP contribution in [0.1, 0.15) is 49.3 Å². The molecule has 1 N–H and O–H groups in total. The summed E-state index contributed by atoms with van der Waals surface area (Å²) < 4.78 is 15.7. The molecule has 1 aromatic heterocycles. The second kappa shape index (κ2) is 14.7. The molecule has 4 aromatic rings. The van der Waals surface area contributed by atoms with Crippen molar-refractivity contribution < 1.29 is 4.39 Å². The summed E-state index contributed by atoms with van der Waals surface area (Å²) in [5.41, 5.74) is 5.28. The van der Waals surface area contributed by atoms with Crippen molar-refractivity contribution in [3.8, 4) is 0 Å². The fourth-order valence-electron chi connectivity index (χ4n) is 5.73. The van der Waals surface area contributed by atoms with Gasteiger partial charge in [-0.3, -0.25) is 4.79 Å². The van der Waals surface area contributed by atoms with Gasteiger partial charge in [0.2, 0.25) is 0 Å². The standard InChI is InChI=1S/C37H42FN5O/c1-4-5-7-18-34-35(40-33-16-8-6-9-17-33)25-39-43(37(34)44)27-30-20-22-41(23-21-30)29(3)42(36-19-11-10-13-28(36)2)26-31-14-12-15-32(38)24-31/h6-19,24-25,30,40H,3-5,20-23,26-27H2,1-2H3/b18-7-. The number of unbranched alkanes of at least 4 members (excludes halogenated alkanes) is 1. The SMILES string of the molecule is C=C(N1CCC(Cn2ncc(Nc3ccccc3)c(/C=C\CCC)c2=O)CC1)N(Cc1cccc(F)c1)c1ccccc1C. The third-order valence-electron chi connectivity index (χ3n) is 8.23. The number of nitrogens with zero attached hydrogens (tertiary/aromatic N) is 4. The van der Waals surface area contributed by atoms with Crippen LogP contribution in [-0.2, 0) is 13.1 Å². The molecule has 6 nitrogen and oxygen atoms in total. The molecule has 1 aliphatic rings. The third kappa shape index (κ3) is 7.64. The molecular weight excluding hydrogens is 549 g/mol. The van der Waals surface area contributed by atoms with E-state index in [9.17, 15) is 9.18 Å². The molecule has 1 aliphatic heterocycles. The van der Waals surface area contributed by atoms with Crippen molar-refractivity contribution in [1.82, 2.24) is 14.7 Å². The second-order valence-electron chi connectivity index (χ2n) is 11.5. The quantitative estimate of drug-likeness (QED) is 0.180. The van der Waals surface area contributed by atoms with Gasteiger partial charge >= 0.3 is 0 Å². The lowest BCUT2D eigenvalue weighted by Crippen LogP contribution is -2.41. The van der Waals surface area contributed by atoms with E-state index < -0.39 is 0 Å². The predicted molar refractivity (Wildman–Crippen MR) is 179 cm³/mol. The van der Waals surface area contributed by atoms with Crippen LogP contribution >= 0.6 is 0 Å². The zero-order valence-corrected chi connectivity index (χ0v) is 25.8. The number of nitrogens with one attached hydrogen (secondary N) is 1. The van der Waals surface area contributed by atoms with Crippen molar-refractivity contribution in [2.24, 2.45) is 5.92 Å². The molecule has 228 valence electrons. The van der Waals surface area contributed by atoms with Crippen LogP contribution in [0.5, 0.6) is 0 Å². The minimum Gasteiger partial charge on any atom is -0.358 e. The maximum atomic E-state index is 14.0. The Labute approximate surface area is 260 Å². The smallest absolute Gasteiger partial charge is 0.276 e. The van der Waals surface area contributed by atoms with Crippen LogP contribution in [0.4, 0.5) is 21.5 Å². The van der Waals surface area contributed by atoms with Crippen LogP contribution in [0.3, 0.4) is 0 Å². The Bertz CT molecular complexity index is 1640. The number of allylic oxidation sites excluding steroid dienone is 1. The molecule has 0 atom stereocenters. The van der Waals surface area contributed by atoms with E-state index >= 15 is 0 Å². The predicted octanol–water partition coefficient (Wildman–Crippen LogP) is 8.14. The van der Waals surface area contributed by atoms with E-state index in [1.54, 1.807) is 23.0 Å². The molecule has 0 unspecified atom stereocenters. The second-order valence-corrected chi connectivity index (χ2v) is 11.5. The molecule has 5 rings (SSSR count). The van der Waals surface area contributed by atoms with Gasteiger partial charge in [-0.25, -0.2) is 9.07 Å². The average Bonchev–Trinajstić information content (AvgIpc) is 3.03. The summed E-state index contributed by atoms with van der Waals surface area (Å²) in [5, 5.41) is 7.95. The molecule has 44 heavy (non-hydrogen) atoms. The number of para-hydroxylation sites is 2. The molecule has 0 aliphatic carbocycles. The number of aromatic nitrogens is 2. The van der Waals surface area contributed by atoms with Crippen molar-refractivity contribution in [1.29, 1.82) is 0 Å². The summed E-state index contributed by atoms with van der Waals surface area (Å²) in [7, 11) is 0. The number of likely N-dealkylation sites (tertiary alicyclic amines) is 1. The number of benzene rings is 3. The van der Waals surface area contributed by atoms with Gasteiger partial charge in [0.1, 0.15) is 11.6 Å². The molecule has 1 fully saturated rings. The van der Waals surface area contributed by atoms with Gasteiger partial charge in [0, 0.05) is 37.6 Å². The van der Waals surface area contributed by atoms with Crippen LogP contribution in [0.15, 0.2) is 108 Å². The lowest BCUT2D eigenvalue weighted by Gasteiger charge is -2.40. The molecule has 2 heterocycles. The Morgan fingerprint density at radius 3 is 2.55 bits per heavy atom. The fourth-order valence-corrected chi connectivity index (χ4v) is 5.73. The van der Waals surface area contributed by atoms with E-state index in [4.69, 9.17) is 0 Å². The monoisotopic (exact) mass is 591 g/mol. The van der Waals surface area contributed by atoms with Crippen molar-refractivity contribution in [2.75, 3.05) is 23.3 Å². The lowest BCUT2D eigenvalue weighted by atomic mass is 9.96. The zero-order chi connectivity index (χ0) is 30.9. The summed E-state index contributed by atoms with van der Waals surface area (Å²) >= 11 is 0. The minimum absolute atomic E-state index is 0.0778. The minimum atomic E-state index is -0.240. The van der Waals surface area contributed by atoms with Crippen molar-refractivity contribution >= 4 is 23.1 Å². The van der Waals surface area contributed by atoms with Gasteiger partial charge in [0.05, 0.1) is 17.4 Å². The van der Waals surface area contributed by atoms with Crippen LogP contribution in [0, 0.1) is 18.7 Å². The van der Waals surface area contributed by atoms with Crippen LogP contribution < -0.4 is 15.8 Å². The van der Waals surface area contributed by atoms with Gasteiger partial charge in [-0.2, -0.15) is 5.10 Å². The Kier molecular flexibility index (Phi) is 10.3. The summed E-state index contributed by atoms with van der Waals surface area (Å²) in [6, 6.07) is 24.8. The Hall–Kier alpha value is -4.65. The van der Waals surface area contributed by atoms with Crippen LogP contribution in [0.25, 0.3) is 6.08 Å². The van der Waals surface area contributed by atoms with E-state index in [0.717, 1.165) is 67.1 Å². The van der Waals surface area contributed by atoms with Gasteiger partial charge in [-0.15, -0.1) is 0 Å². The fraction of sp³-hybridized carbons (Fsp3) is 0.297. The third-order valence-corrected chi connectivity index (χ3v) is 8.23. The Balaban J connectivity index is 1.29. The molecule has 0 amide bonds. The highest BCUT2D eigenvalue weighted by Gasteiger charge is 2.25. The summed E-state index contributed by atoms with van der Waals surface area (Å²) in [6.45, 7) is 11.5. The van der Waals surface area contributed by atoms with Crippen molar-refractivity contribution in [3.05, 3.63) is 136 Å². The van der Waals surface area contributed by atoms with E-state index in [0.29, 0.717) is 30.3 Å². The number of anilines is 3. The zero-order valence-electron chi connectivity index (χ0n) is 25.8. The van der Waals surface area contributed by atoms with Crippen LogP contribution in [0.2, 0.25) is 0 Å². The van der Waals surface area contributed by atoms with Gasteiger partial charge in [-0.1, -0.05) is 80.6 Å². The van der Waals surface area contributed by atoms with E-state index in [1.807, 2.05) is 54.6 Å². The molecule has 1 saturated heterocycles. The molecule has 0 spiro atoms. The number of hydrogen-bond acceptors (Lipinski definition) is 5.